The Hall–Kier alpha value is -1.45. The molecule has 0 bridgehead atoms. The van der Waals surface area contributed by atoms with Gasteiger partial charge in [0.15, 0.2) is 0 Å². The second-order valence-electron chi connectivity index (χ2n) is 1.85. The molecule has 0 radical (unpaired) electrons. The number of carboxylic acids is 1. The van der Waals surface area contributed by atoms with Gasteiger partial charge in [0.25, 0.3) is 0 Å². The third-order valence-electron chi connectivity index (χ3n) is 1.02. The van der Waals surface area contributed by atoms with Gasteiger partial charge in [0.2, 0.25) is 0 Å². The molecule has 10 heavy (non-hydrogen) atoms. The van der Waals surface area contributed by atoms with E-state index < -0.39 is 5.97 Å². The number of rotatable bonds is 2. The van der Waals surface area contributed by atoms with Crippen molar-refractivity contribution in [2.45, 2.75) is 0 Å². The summed E-state index contributed by atoms with van der Waals surface area (Å²) in [5.74, 6) is -0.854. The van der Waals surface area contributed by atoms with E-state index >= 15 is 0 Å². The van der Waals surface area contributed by atoms with Crippen LogP contribution >= 0.6 is 0 Å². The summed E-state index contributed by atoms with van der Waals surface area (Å²) in [5, 5.41) is 9.80. The molecule has 0 aromatic carbocycles. The van der Waals surface area contributed by atoms with Gasteiger partial charge in [-0.3, -0.25) is 9.80 Å². The summed E-state index contributed by atoms with van der Waals surface area (Å²) in [7, 11) is 0. The molecule has 1 aliphatic rings. The van der Waals surface area contributed by atoms with Crippen LogP contribution in [0.15, 0.2) is 24.6 Å². The highest BCUT2D eigenvalue weighted by molar-refractivity contribution is 5.69. The average molecular weight is 140 g/mol. The molecule has 4 heteroatoms. The molecule has 0 saturated heterocycles. The van der Waals surface area contributed by atoms with Gasteiger partial charge in [-0.2, -0.15) is 0 Å². The van der Waals surface area contributed by atoms with Crippen LogP contribution in [0.3, 0.4) is 0 Å². The number of hydrogen-bond donors (Lipinski definition) is 2. The second-order valence-corrected chi connectivity index (χ2v) is 1.85. The van der Waals surface area contributed by atoms with Crippen LogP contribution < -0.4 is 5.43 Å². The van der Waals surface area contributed by atoms with Crippen LogP contribution in [0.4, 0.5) is 0 Å². The van der Waals surface area contributed by atoms with E-state index in [0.29, 0.717) is 0 Å². The SMILES string of the molecule is O=C(O)CN1C=CC=CN1. The van der Waals surface area contributed by atoms with Crippen molar-refractivity contribution in [2.75, 3.05) is 6.54 Å². The zero-order valence-electron chi connectivity index (χ0n) is 5.32. The fourth-order valence-electron chi connectivity index (χ4n) is 0.635. The van der Waals surface area contributed by atoms with Crippen LogP contribution in [-0.2, 0) is 4.79 Å². The maximum absolute atomic E-state index is 10.1. The lowest BCUT2D eigenvalue weighted by Gasteiger charge is -2.19. The van der Waals surface area contributed by atoms with Gasteiger partial charge in [0, 0.05) is 12.4 Å². The number of carbonyl (C=O) groups is 1. The van der Waals surface area contributed by atoms with Crippen molar-refractivity contribution >= 4 is 5.97 Å². The normalized spacial score (nSPS) is 15.0. The lowest BCUT2D eigenvalue weighted by molar-refractivity contribution is -0.138. The van der Waals surface area contributed by atoms with E-state index in [1.54, 1.807) is 24.6 Å². The molecule has 0 aliphatic carbocycles. The summed E-state index contributed by atoms with van der Waals surface area (Å²) in [6.07, 6.45) is 6.88. The van der Waals surface area contributed by atoms with Crippen LogP contribution in [-0.4, -0.2) is 22.6 Å². The molecule has 0 aromatic rings. The maximum Gasteiger partial charge on any atom is 0.325 e. The molecule has 1 rings (SSSR count). The van der Waals surface area contributed by atoms with Gasteiger partial charge < -0.3 is 10.5 Å². The van der Waals surface area contributed by atoms with Gasteiger partial charge in [-0.05, 0) is 12.2 Å². The first kappa shape index (κ1) is 6.67. The van der Waals surface area contributed by atoms with Gasteiger partial charge in [-0.1, -0.05) is 0 Å². The molecule has 2 N–H and O–H groups in total. The van der Waals surface area contributed by atoms with Crippen molar-refractivity contribution in [3.63, 3.8) is 0 Å². The fraction of sp³-hybridized carbons (Fsp3) is 0.167. The van der Waals surface area contributed by atoms with Gasteiger partial charge >= 0.3 is 5.97 Å². The van der Waals surface area contributed by atoms with E-state index in [1.165, 1.54) is 5.01 Å². The van der Waals surface area contributed by atoms with Crippen molar-refractivity contribution in [3.05, 3.63) is 24.6 Å². The minimum atomic E-state index is -0.854. The molecular formula is C6H8N2O2. The summed E-state index contributed by atoms with van der Waals surface area (Å²) in [6, 6.07) is 0. The minimum absolute atomic E-state index is 0.0269. The number of nitrogens with one attached hydrogen (secondary N) is 1. The first-order chi connectivity index (χ1) is 4.79. The predicted molar refractivity (Wildman–Crippen MR) is 35.8 cm³/mol. The summed E-state index contributed by atoms with van der Waals surface area (Å²) >= 11 is 0. The first-order valence-corrected chi connectivity index (χ1v) is 2.87. The standard InChI is InChI=1S/C6H8N2O2/c9-6(10)5-8-4-2-1-3-7-8/h1-4,7H,5H2,(H,9,10). The monoisotopic (exact) mass is 140 g/mol. The Morgan fingerprint density at radius 3 is 2.90 bits per heavy atom. The highest BCUT2D eigenvalue weighted by Crippen LogP contribution is 1.90. The molecule has 0 aromatic heterocycles. The third kappa shape index (κ3) is 1.81. The first-order valence-electron chi connectivity index (χ1n) is 2.87. The fourth-order valence-corrected chi connectivity index (χ4v) is 0.635. The quantitative estimate of drug-likeness (QED) is 0.563. The Labute approximate surface area is 58.4 Å². The second kappa shape index (κ2) is 2.91. The van der Waals surface area contributed by atoms with E-state index in [2.05, 4.69) is 5.43 Å². The van der Waals surface area contributed by atoms with E-state index in [9.17, 15) is 4.79 Å². The molecule has 1 aliphatic heterocycles. The Balaban J connectivity index is 2.37. The zero-order chi connectivity index (χ0) is 7.40. The van der Waals surface area contributed by atoms with Crippen molar-refractivity contribution in [2.24, 2.45) is 0 Å². The summed E-state index contributed by atoms with van der Waals surface area (Å²) < 4.78 is 0. The van der Waals surface area contributed by atoms with Crippen LogP contribution in [0.2, 0.25) is 0 Å². The van der Waals surface area contributed by atoms with E-state index in [0.717, 1.165) is 0 Å². The molecule has 54 valence electrons. The van der Waals surface area contributed by atoms with Gasteiger partial charge in [-0.25, -0.2) is 0 Å². The molecule has 0 unspecified atom stereocenters. The van der Waals surface area contributed by atoms with Crippen molar-refractivity contribution in [1.82, 2.24) is 10.4 Å². The van der Waals surface area contributed by atoms with E-state index in [-0.39, 0.29) is 6.54 Å². The number of hydrogen-bond acceptors (Lipinski definition) is 3. The Kier molecular flexibility index (Phi) is 1.94. The van der Waals surface area contributed by atoms with Gasteiger partial charge in [0.1, 0.15) is 6.54 Å². The Morgan fingerprint density at radius 2 is 2.40 bits per heavy atom. The molecule has 0 atom stereocenters. The summed E-state index contributed by atoms with van der Waals surface area (Å²) in [6.45, 7) is -0.0269. The largest absolute Gasteiger partial charge is 0.480 e. The highest BCUT2D eigenvalue weighted by atomic mass is 16.4. The molecule has 0 fully saturated rings. The average Bonchev–Trinajstić information content (AvgIpc) is 1.88. The number of allylic oxidation sites excluding steroid dienone is 2. The summed E-state index contributed by atoms with van der Waals surface area (Å²) in [4.78, 5) is 10.1. The molecule has 4 nitrogen and oxygen atoms in total. The minimum Gasteiger partial charge on any atom is -0.480 e. The topological polar surface area (TPSA) is 52.6 Å². The van der Waals surface area contributed by atoms with E-state index in [4.69, 9.17) is 5.11 Å². The van der Waals surface area contributed by atoms with Crippen LogP contribution in [0.25, 0.3) is 0 Å². The van der Waals surface area contributed by atoms with Crippen LogP contribution in [0, 0.1) is 0 Å². The summed E-state index contributed by atoms with van der Waals surface area (Å²) in [5.41, 5.74) is 2.74. The number of carboxylic acid groups (broad SMARTS) is 1. The smallest absolute Gasteiger partial charge is 0.325 e. The van der Waals surface area contributed by atoms with Crippen LogP contribution in [0.1, 0.15) is 0 Å². The van der Waals surface area contributed by atoms with Gasteiger partial charge in [-0.15, -0.1) is 0 Å². The van der Waals surface area contributed by atoms with Crippen molar-refractivity contribution < 1.29 is 9.90 Å². The van der Waals surface area contributed by atoms with E-state index in [1.807, 2.05) is 0 Å². The predicted octanol–water partition coefficient (Wildman–Crippen LogP) is -0.0814. The number of hydrazine groups is 1. The van der Waals surface area contributed by atoms with Crippen LogP contribution in [0.5, 0.6) is 0 Å². The third-order valence-corrected chi connectivity index (χ3v) is 1.02. The highest BCUT2D eigenvalue weighted by Gasteiger charge is 2.02. The molecular weight excluding hydrogens is 132 g/mol. The molecule has 1 heterocycles. The lowest BCUT2D eigenvalue weighted by atomic mass is 10.5. The molecule has 0 amide bonds. The van der Waals surface area contributed by atoms with Gasteiger partial charge in [0.05, 0.1) is 0 Å². The van der Waals surface area contributed by atoms with Crippen molar-refractivity contribution in [3.8, 4) is 0 Å². The molecule has 0 spiro atoms. The lowest BCUT2D eigenvalue weighted by Crippen LogP contribution is -2.34. The maximum atomic E-state index is 10.1. The number of aliphatic carboxylic acids is 1. The van der Waals surface area contributed by atoms with Crippen molar-refractivity contribution in [1.29, 1.82) is 0 Å². The Bertz CT molecular complexity index is 186. The zero-order valence-corrected chi connectivity index (χ0v) is 5.32. The molecule has 0 saturated carbocycles. The Morgan fingerprint density at radius 1 is 1.60 bits per heavy atom. The number of nitrogens with zero attached hydrogens (tertiary/aromatic N) is 1.